The minimum absolute atomic E-state index is 0.0888. The van der Waals surface area contributed by atoms with Gasteiger partial charge >= 0.3 is 0 Å². The summed E-state index contributed by atoms with van der Waals surface area (Å²) >= 11 is 5.83. The Morgan fingerprint density at radius 1 is 1.24 bits per heavy atom. The smallest absolute Gasteiger partial charge is 0.232 e. The Hall–Kier alpha value is -1.31. The van der Waals surface area contributed by atoms with Crippen molar-refractivity contribution in [3.05, 3.63) is 29.3 Å². The van der Waals surface area contributed by atoms with Gasteiger partial charge in [0.05, 0.1) is 18.0 Å². The quantitative estimate of drug-likeness (QED) is 0.589. The predicted molar refractivity (Wildman–Crippen MR) is 102 cm³/mol. The van der Waals surface area contributed by atoms with E-state index in [1.54, 1.807) is 24.3 Å². The Morgan fingerprint density at radius 2 is 1.88 bits per heavy atom. The molecule has 0 aliphatic heterocycles. The fourth-order valence-electron chi connectivity index (χ4n) is 2.18. The monoisotopic (exact) mass is 390 g/mol. The van der Waals surface area contributed by atoms with Gasteiger partial charge in [0.2, 0.25) is 15.9 Å². The molecule has 0 radical (unpaired) electrons. The van der Waals surface area contributed by atoms with Gasteiger partial charge in [-0.05, 0) is 51.0 Å². The zero-order chi connectivity index (χ0) is 18.9. The summed E-state index contributed by atoms with van der Waals surface area (Å²) in [5.41, 5.74) is 0.540. The molecular formula is C17H27ClN2O4S. The Kier molecular flexibility index (Phi) is 9.24. The number of benzene rings is 1. The van der Waals surface area contributed by atoms with Crippen LogP contribution in [0.25, 0.3) is 0 Å². The molecule has 0 atom stereocenters. The second-order valence-corrected chi connectivity index (χ2v) is 8.38. The van der Waals surface area contributed by atoms with Gasteiger partial charge in [0.1, 0.15) is 0 Å². The molecule has 0 aliphatic rings. The van der Waals surface area contributed by atoms with Crippen LogP contribution in [0.4, 0.5) is 5.69 Å². The third-order valence-electron chi connectivity index (χ3n) is 3.37. The van der Waals surface area contributed by atoms with Crippen molar-refractivity contribution in [2.24, 2.45) is 0 Å². The van der Waals surface area contributed by atoms with Gasteiger partial charge in [-0.15, -0.1) is 0 Å². The SMILES string of the molecule is CC(C)OCCCNC(=O)CCCN(c1ccc(Cl)cc1)S(C)(=O)=O. The van der Waals surface area contributed by atoms with Crippen molar-refractivity contribution in [2.75, 3.05) is 30.3 Å². The lowest BCUT2D eigenvalue weighted by Crippen LogP contribution is -2.32. The van der Waals surface area contributed by atoms with Crippen molar-refractivity contribution in [2.45, 2.75) is 39.2 Å². The second kappa shape index (κ2) is 10.6. The predicted octanol–water partition coefficient (Wildman–Crippen LogP) is 2.82. The molecule has 6 nitrogen and oxygen atoms in total. The number of hydrogen-bond donors (Lipinski definition) is 1. The number of carbonyl (C=O) groups excluding carboxylic acids is 1. The highest BCUT2D eigenvalue weighted by atomic mass is 35.5. The summed E-state index contributed by atoms with van der Waals surface area (Å²) in [6.45, 7) is 5.33. The van der Waals surface area contributed by atoms with Crippen molar-refractivity contribution < 1.29 is 17.9 Å². The number of nitrogens with one attached hydrogen (secondary N) is 1. The molecule has 0 bridgehead atoms. The Balaban J connectivity index is 2.40. The van der Waals surface area contributed by atoms with Crippen molar-refractivity contribution in [3.8, 4) is 0 Å². The molecule has 8 heteroatoms. The lowest BCUT2D eigenvalue weighted by molar-refractivity contribution is -0.121. The van der Waals surface area contributed by atoms with Crippen molar-refractivity contribution in [1.29, 1.82) is 0 Å². The Morgan fingerprint density at radius 3 is 2.44 bits per heavy atom. The summed E-state index contributed by atoms with van der Waals surface area (Å²) in [7, 11) is -3.42. The summed E-state index contributed by atoms with van der Waals surface area (Å²) in [5, 5.41) is 3.35. The molecule has 1 N–H and O–H groups in total. The molecule has 25 heavy (non-hydrogen) atoms. The van der Waals surface area contributed by atoms with E-state index in [4.69, 9.17) is 16.3 Å². The molecular weight excluding hydrogens is 364 g/mol. The minimum atomic E-state index is -3.42. The number of hydrogen-bond acceptors (Lipinski definition) is 4. The van der Waals surface area contributed by atoms with E-state index in [9.17, 15) is 13.2 Å². The summed E-state index contributed by atoms with van der Waals surface area (Å²) in [6, 6.07) is 6.58. The zero-order valence-corrected chi connectivity index (χ0v) is 16.6. The standard InChI is InChI=1S/C17H27ClN2O4S/c1-14(2)24-13-5-11-19-17(21)6-4-12-20(25(3,22)23)16-9-7-15(18)8-10-16/h7-10,14H,4-6,11-13H2,1-3H3,(H,19,21). The third-order valence-corrected chi connectivity index (χ3v) is 4.82. The molecule has 1 aromatic carbocycles. The summed E-state index contributed by atoms with van der Waals surface area (Å²) in [5.74, 6) is -0.0888. The van der Waals surface area contributed by atoms with Crippen LogP contribution in [0.2, 0.25) is 5.02 Å². The number of ether oxygens (including phenoxy) is 1. The van der Waals surface area contributed by atoms with Crippen molar-refractivity contribution >= 4 is 33.2 Å². The van der Waals surface area contributed by atoms with E-state index < -0.39 is 10.0 Å². The maximum Gasteiger partial charge on any atom is 0.232 e. The highest BCUT2D eigenvalue weighted by Gasteiger charge is 2.17. The van der Waals surface area contributed by atoms with Gasteiger partial charge in [-0.2, -0.15) is 0 Å². The van der Waals surface area contributed by atoms with Crippen LogP contribution in [0.5, 0.6) is 0 Å². The number of sulfonamides is 1. The first-order valence-corrected chi connectivity index (χ1v) is 10.5. The molecule has 0 heterocycles. The second-order valence-electron chi connectivity index (χ2n) is 6.04. The van der Waals surface area contributed by atoms with E-state index in [0.717, 1.165) is 12.7 Å². The van der Waals surface area contributed by atoms with Crippen LogP contribution < -0.4 is 9.62 Å². The van der Waals surface area contributed by atoms with Gasteiger partial charge in [0.15, 0.2) is 0 Å². The molecule has 0 aromatic heterocycles. The van der Waals surface area contributed by atoms with E-state index >= 15 is 0 Å². The molecule has 0 aliphatic carbocycles. The Labute approximate surface area is 155 Å². The summed E-state index contributed by atoms with van der Waals surface area (Å²) in [6.07, 6.45) is 2.79. The van der Waals surface area contributed by atoms with Crippen molar-refractivity contribution in [1.82, 2.24) is 5.32 Å². The van der Waals surface area contributed by atoms with E-state index in [-0.39, 0.29) is 25.0 Å². The first kappa shape index (κ1) is 21.7. The highest BCUT2D eigenvalue weighted by Crippen LogP contribution is 2.20. The molecule has 1 rings (SSSR count). The van der Waals surface area contributed by atoms with Crippen LogP contribution in [0.1, 0.15) is 33.1 Å². The highest BCUT2D eigenvalue weighted by molar-refractivity contribution is 7.92. The van der Waals surface area contributed by atoms with E-state index in [1.807, 2.05) is 13.8 Å². The zero-order valence-electron chi connectivity index (χ0n) is 15.0. The number of nitrogens with zero attached hydrogens (tertiary/aromatic N) is 1. The maximum absolute atomic E-state index is 12.0. The van der Waals surface area contributed by atoms with Crippen LogP contribution >= 0.6 is 11.6 Å². The van der Waals surface area contributed by atoms with Gasteiger partial charge in [0, 0.05) is 31.1 Å². The van der Waals surface area contributed by atoms with Crippen molar-refractivity contribution in [3.63, 3.8) is 0 Å². The maximum atomic E-state index is 12.0. The molecule has 0 spiro atoms. The third kappa shape index (κ3) is 9.09. The van der Waals surface area contributed by atoms with E-state index in [2.05, 4.69) is 5.32 Å². The molecule has 0 saturated carbocycles. The van der Waals surface area contributed by atoms with Crippen LogP contribution in [0, 0.1) is 0 Å². The molecule has 0 unspecified atom stereocenters. The average molecular weight is 391 g/mol. The summed E-state index contributed by atoms with van der Waals surface area (Å²) in [4.78, 5) is 11.8. The first-order valence-electron chi connectivity index (χ1n) is 8.31. The molecule has 142 valence electrons. The fraction of sp³-hybridized carbons (Fsp3) is 0.588. The van der Waals surface area contributed by atoms with Gasteiger partial charge in [-0.25, -0.2) is 8.42 Å². The molecule has 1 aromatic rings. The fourth-order valence-corrected chi connectivity index (χ4v) is 3.28. The lowest BCUT2D eigenvalue weighted by Gasteiger charge is -2.22. The van der Waals surface area contributed by atoms with Gasteiger partial charge in [-0.1, -0.05) is 11.6 Å². The van der Waals surface area contributed by atoms with Crippen LogP contribution in [0.3, 0.4) is 0 Å². The van der Waals surface area contributed by atoms with Crippen LogP contribution in [-0.4, -0.2) is 46.4 Å². The minimum Gasteiger partial charge on any atom is -0.379 e. The normalized spacial score (nSPS) is 11.6. The topological polar surface area (TPSA) is 75.7 Å². The number of amides is 1. The average Bonchev–Trinajstić information content (AvgIpc) is 2.51. The van der Waals surface area contributed by atoms with Crippen LogP contribution in [0.15, 0.2) is 24.3 Å². The number of rotatable bonds is 11. The molecule has 0 saturated heterocycles. The number of carbonyl (C=O) groups is 1. The Bertz CT molecular complexity index is 633. The number of halogens is 1. The largest absolute Gasteiger partial charge is 0.379 e. The lowest BCUT2D eigenvalue weighted by atomic mass is 10.2. The number of anilines is 1. The van der Waals surface area contributed by atoms with Gasteiger partial charge < -0.3 is 10.1 Å². The van der Waals surface area contributed by atoms with E-state index in [0.29, 0.717) is 30.3 Å². The van der Waals surface area contributed by atoms with Gasteiger partial charge in [-0.3, -0.25) is 9.10 Å². The molecule has 0 fully saturated rings. The molecule has 1 amide bonds. The van der Waals surface area contributed by atoms with E-state index in [1.165, 1.54) is 4.31 Å². The van der Waals surface area contributed by atoms with Gasteiger partial charge in [0.25, 0.3) is 0 Å². The van der Waals surface area contributed by atoms with Crippen LogP contribution in [-0.2, 0) is 19.6 Å². The first-order chi connectivity index (χ1) is 11.7. The summed E-state index contributed by atoms with van der Waals surface area (Å²) < 4.78 is 30.6.